The fraction of sp³-hybridized carbons (Fsp3) is 0.571. The maximum absolute atomic E-state index is 11.7. The lowest BCUT2D eigenvalue weighted by atomic mass is 10.1. The molecule has 2 N–H and O–H groups in total. The molecule has 0 saturated carbocycles. The maximum atomic E-state index is 11.7. The van der Waals surface area contributed by atoms with Crippen molar-refractivity contribution in [1.82, 2.24) is 0 Å². The quantitative estimate of drug-likeness (QED) is 0.475. The first-order chi connectivity index (χ1) is 5.00. The number of allylic oxidation sites excluding steroid dienone is 1. The number of hydrogen-bond acceptors (Lipinski definition) is 3. The van der Waals surface area contributed by atoms with Gasteiger partial charge in [-0.3, -0.25) is 4.79 Å². The monoisotopic (exact) mass is 162 g/mol. The van der Waals surface area contributed by atoms with E-state index in [2.05, 4.69) is 0 Å². The lowest BCUT2D eigenvalue weighted by molar-refractivity contribution is -0.126. The van der Waals surface area contributed by atoms with Crippen LogP contribution in [0.4, 0.5) is 4.39 Å². The summed E-state index contributed by atoms with van der Waals surface area (Å²) >= 11 is 0. The first-order valence-corrected chi connectivity index (χ1v) is 3.15. The van der Waals surface area contributed by atoms with Crippen molar-refractivity contribution in [2.45, 2.75) is 20.0 Å². The van der Waals surface area contributed by atoms with Crippen molar-refractivity contribution in [3.05, 3.63) is 11.3 Å². The second-order valence-electron chi connectivity index (χ2n) is 2.38. The van der Waals surface area contributed by atoms with E-state index in [9.17, 15) is 9.18 Å². The molecular weight excluding hydrogens is 151 g/mol. The van der Waals surface area contributed by atoms with E-state index in [1.807, 2.05) is 0 Å². The number of ketones is 1. The molecule has 0 rings (SSSR count). The molecule has 0 aliphatic heterocycles. The van der Waals surface area contributed by atoms with Crippen molar-refractivity contribution in [3.8, 4) is 0 Å². The average molecular weight is 162 g/mol. The van der Waals surface area contributed by atoms with Crippen molar-refractivity contribution < 1.29 is 19.4 Å². The standard InChI is InChI=1S/C7H11FO3/c1-4(2)6(10)7(11)5(9)3-8/h5,9-10H,3H2,1-2H3. The van der Waals surface area contributed by atoms with Crippen molar-refractivity contribution in [3.63, 3.8) is 0 Å². The molecule has 0 fully saturated rings. The van der Waals surface area contributed by atoms with Crippen LogP contribution < -0.4 is 0 Å². The summed E-state index contributed by atoms with van der Waals surface area (Å²) in [5, 5.41) is 17.5. The minimum absolute atomic E-state index is 0.363. The van der Waals surface area contributed by atoms with Gasteiger partial charge in [0.25, 0.3) is 0 Å². The van der Waals surface area contributed by atoms with Gasteiger partial charge in [0.05, 0.1) is 0 Å². The summed E-state index contributed by atoms with van der Waals surface area (Å²) in [5.74, 6) is -1.53. The number of aliphatic hydroxyl groups excluding tert-OH is 2. The van der Waals surface area contributed by atoms with Gasteiger partial charge in [0.2, 0.25) is 5.78 Å². The molecule has 0 spiro atoms. The summed E-state index contributed by atoms with van der Waals surface area (Å²) in [7, 11) is 0. The van der Waals surface area contributed by atoms with Crippen LogP contribution >= 0.6 is 0 Å². The molecule has 0 bridgehead atoms. The maximum Gasteiger partial charge on any atom is 0.228 e. The van der Waals surface area contributed by atoms with Crippen LogP contribution in [-0.2, 0) is 4.79 Å². The number of carbonyl (C=O) groups excluding carboxylic acids is 1. The molecule has 11 heavy (non-hydrogen) atoms. The van der Waals surface area contributed by atoms with E-state index in [0.29, 0.717) is 5.57 Å². The number of aliphatic hydroxyl groups is 2. The number of carbonyl (C=O) groups is 1. The highest BCUT2D eigenvalue weighted by atomic mass is 19.1. The van der Waals surface area contributed by atoms with Crippen LogP contribution in [0.3, 0.4) is 0 Å². The van der Waals surface area contributed by atoms with Gasteiger partial charge in [-0.2, -0.15) is 0 Å². The lowest BCUT2D eigenvalue weighted by Gasteiger charge is -2.04. The zero-order chi connectivity index (χ0) is 9.02. The van der Waals surface area contributed by atoms with Crippen molar-refractivity contribution in [1.29, 1.82) is 0 Å². The van der Waals surface area contributed by atoms with E-state index in [1.165, 1.54) is 13.8 Å². The van der Waals surface area contributed by atoms with Gasteiger partial charge < -0.3 is 10.2 Å². The second-order valence-corrected chi connectivity index (χ2v) is 2.38. The Bertz CT molecular complexity index is 182. The van der Waals surface area contributed by atoms with Crippen molar-refractivity contribution >= 4 is 5.78 Å². The van der Waals surface area contributed by atoms with Gasteiger partial charge in [0, 0.05) is 0 Å². The fourth-order valence-corrected chi connectivity index (χ4v) is 0.474. The second kappa shape index (κ2) is 4.08. The Morgan fingerprint density at radius 1 is 1.55 bits per heavy atom. The van der Waals surface area contributed by atoms with Gasteiger partial charge in [-0.05, 0) is 19.4 Å². The Labute approximate surface area is 64.2 Å². The molecule has 0 aliphatic rings. The summed E-state index contributed by atoms with van der Waals surface area (Å²) < 4.78 is 11.7. The van der Waals surface area contributed by atoms with E-state index >= 15 is 0 Å². The van der Waals surface area contributed by atoms with Crippen LogP contribution in [0.25, 0.3) is 0 Å². The number of halogens is 1. The minimum Gasteiger partial charge on any atom is -0.504 e. The predicted molar refractivity (Wildman–Crippen MR) is 38.0 cm³/mol. The van der Waals surface area contributed by atoms with E-state index in [1.54, 1.807) is 0 Å². The topological polar surface area (TPSA) is 57.5 Å². The molecule has 64 valence electrons. The molecule has 0 aromatic rings. The average Bonchev–Trinajstić information content (AvgIpc) is 2.00. The molecule has 0 aromatic heterocycles. The molecule has 0 aromatic carbocycles. The summed E-state index contributed by atoms with van der Waals surface area (Å²) in [6.07, 6.45) is -1.73. The van der Waals surface area contributed by atoms with Crippen LogP contribution in [-0.4, -0.2) is 28.8 Å². The predicted octanol–water partition coefficient (Wildman–Crippen LogP) is 0.738. The number of rotatable bonds is 3. The van der Waals surface area contributed by atoms with E-state index < -0.39 is 24.3 Å². The van der Waals surface area contributed by atoms with Crippen LogP contribution in [0.5, 0.6) is 0 Å². The Balaban J connectivity index is 4.38. The number of alkyl halides is 1. The summed E-state index contributed by atoms with van der Waals surface area (Å²) in [6, 6.07) is 0. The molecule has 3 nitrogen and oxygen atoms in total. The highest BCUT2D eigenvalue weighted by Crippen LogP contribution is 2.03. The normalized spacial score (nSPS) is 12.4. The molecule has 1 unspecified atom stereocenters. The third-order valence-corrected chi connectivity index (χ3v) is 1.16. The third kappa shape index (κ3) is 2.67. The molecule has 0 heterocycles. The van der Waals surface area contributed by atoms with E-state index in [0.717, 1.165) is 0 Å². The molecule has 1 atom stereocenters. The Hall–Kier alpha value is -0.900. The molecular formula is C7H11FO3. The first-order valence-electron chi connectivity index (χ1n) is 3.15. The zero-order valence-corrected chi connectivity index (χ0v) is 6.47. The highest BCUT2D eigenvalue weighted by Gasteiger charge is 2.19. The van der Waals surface area contributed by atoms with Gasteiger partial charge >= 0.3 is 0 Å². The first kappa shape index (κ1) is 10.1. The highest BCUT2D eigenvalue weighted by molar-refractivity contribution is 5.97. The molecule has 0 amide bonds. The SMILES string of the molecule is CC(C)=C(O)C(=O)C(O)CF. The number of hydrogen-bond donors (Lipinski definition) is 2. The van der Waals surface area contributed by atoms with Crippen molar-refractivity contribution in [2.75, 3.05) is 6.67 Å². The minimum atomic E-state index is -1.73. The largest absolute Gasteiger partial charge is 0.504 e. The van der Waals surface area contributed by atoms with Crippen LogP contribution in [0.1, 0.15) is 13.8 Å². The van der Waals surface area contributed by atoms with Gasteiger partial charge in [-0.15, -0.1) is 0 Å². The van der Waals surface area contributed by atoms with Gasteiger partial charge in [0.1, 0.15) is 12.8 Å². The van der Waals surface area contributed by atoms with Gasteiger partial charge in [-0.25, -0.2) is 4.39 Å². The van der Waals surface area contributed by atoms with Gasteiger partial charge in [-0.1, -0.05) is 0 Å². The molecule has 0 aliphatic carbocycles. The summed E-state index contributed by atoms with van der Waals surface area (Å²) in [6.45, 7) is 1.83. The molecule has 0 saturated heterocycles. The lowest BCUT2D eigenvalue weighted by Crippen LogP contribution is -2.24. The van der Waals surface area contributed by atoms with Crippen LogP contribution in [0, 0.1) is 0 Å². The van der Waals surface area contributed by atoms with Crippen LogP contribution in [0.15, 0.2) is 11.3 Å². The van der Waals surface area contributed by atoms with Crippen LogP contribution in [0.2, 0.25) is 0 Å². The van der Waals surface area contributed by atoms with E-state index in [4.69, 9.17) is 10.2 Å². The Morgan fingerprint density at radius 3 is 2.27 bits per heavy atom. The smallest absolute Gasteiger partial charge is 0.228 e. The zero-order valence-electron chi connectivity index (χ0n) is 6.47. The summed E-state index contributed by atoms with van der Waals surface area (Å²) in [4.78, 5) is 10.7. The Morgan fingerprint density at radius 2 is 2.00 bits per heavy atom. The summed E-state index contributed by atoms with van der Waals surface area (Å²) in [5.41, 5.74) is 0.363. The van der Waals surface area contributed by atoms with Crippen molar-refractivity contribution in [2.24, 2.45) is 0 Å². The fourth-order valence-electron chi connectivity index (χ4n) is 0.474. The molecule has 4 heteroatoms. The Kier molecular flexibility index (Phi) is 3.74. The molecule has 0 radical (unpaired) electrons. The third-order valence-electron chi connectivity index (χ3n) is 1.16. The number of Topliss-reactive ketones (excluding diaryl/α,β-unsaturated/α-hetero) is 1. The van der Waals surface area contributed by atoms with Gasteiger partial charge in [0.15, 0.2) is 5.76 Å². The van der Waals surface area contributed by atoms with E-state index in [-0.39, 0.29) is 0 Å².